The van der Waals surface area contributed by atoms with Crippen molar-refractivity contribution in [3.05, 3.63) is 41.3 Å². The summed E-state index contributed by atoms with van der Waals surface area (Å²) in [6.45, 7) is 3.57. The molecule has 1 saturated heterocycles. The molecule has 0 radical (unpaired) electrons. The van der Waals surface area contributed by atoms with Gasteiger partial charge in [-0.3, -0.25) is 0 Å². The number of aryl methyl sites for hydroxylation is 1. The Labute approximate surface area is 153 Å². The lowest BCUT2D eigenvalue weighted by molar-refractivity contribution is 0.409. The van der Waals surface area contributed by atoms with Gasteiger partial charge in [-0.25, -0.2) is 13.1 Å². The van der Waals surface area contributed by atoms with Gasteiger partial charge in [-0.15, -0.1) is 11.3 Å². The Morgan fingerprint density at radius 1 is 1.28 bits per heavy atom. The van der Waals surface area contributed by atoms with E-state index in [0.717, 1.165) is 42.1 Å². The van der Waals surface area contributed by atoms with E-state index >= 15 is 0 Å². The number of piperidine rings is 1. The van der Waals surface area contributed by atoms with E-state index in [-0.39, 0.29) is 6.04 Å². The Bertz CT molecular complexity index is 817. The number of para-hydroxylation sites is 2. The summed E-state index contributed by atoms with van der Waals surface area (Å²) in [7, 11) is -1.80. The Balaban J connectivity index is 1.73. The summed E-state index contributed by atoms with van der Waals surface area (Å²) < 4.78 is 34.0. The van der Waals surface area contributed by atoms with Crippen LogP contribution in [0.15, 0.2) is 40.6 Å². The zero-order valence-electron chi connectivity index (χ0n) is 14.6. The highest BCUT2D eigenvalue weighted by molar-refractivity contribution is 7.91. The van der Waals surface area contributed by atoms with Crippen LogP contribution >= 0.6 is 11.3 Å². The van der Waals surface area contributed by atoms with Crippen LogP contribution in [0.2, 0.25) is 0 Å². The van der Waals surface area contributed by atoms with Gasteiger partial charge in [-0.2, -0.15) is 0 Å². The predicted molar refractivity (Wildman–Crippen MR) is 102 cm³/mol. The Hall–Kier alpha value is -1.57. The minimum Gasteiger partial charge on any atom is -0.495 e. The summed E-state index contributed by atoms with van der Waals surface area (Å²) in [4.78, 5) is 3.28. The highest BCUT2D eigenvalue weighted by Gasteiger charge is 2.27. The molecule has 1 N–H and O–H groups in total. The molecule has 0 saturated carbocycles. The summed E-state index contributed by atoms with van der Waals surface area (Å²) >= 11 is 1.35. The van der Waals surface area contributed by atoms with E-state index in [1.54, 1.807) is 13.2 Å². The second kappa shape index (κ2) is 7.76. The summed E-state index contributed by atoms with van der Waals surface area (Å²) in [5.74, 6) is 0.817. The van der Waals surface area contributed by atoms with Crippen LogP contribution < -0.4 is 14.4 Å². The fourth-order valence-electron chi connectivity index (χ4n) is 3.15. The second-order valence-corrected chi connectivity index (χ2v) is 9.26. The first kappa shape index (κ1) is 18.2. The molecule has 3 rings (SSSR count). The van der Waals surface area contributed by atoms with Crippen molar-refractivity contribution in [2.24, 2.45) is 0 Å². The van der Waals surface area contributed by atoms with Crippen molar-refractivity contribution >= 4 is 27.0 Å². The van der Waals surface area contributed by atoms with Crippen LogP contribution in [0.3, 0.4) is 0 Å². The lowest BCUT2D eigenvalue weighted by Crippen LogP contribution is -2.47. The lowest BCUT2D eigenvalue weighted by Gasteiger charge is -2.35. The molecule has 25 heavy (non-hydrogen) atoms. The standard InChI is InChI=1S/C18H24N2O3S2/c1-3-15-10-11-18(24-15)25(21,22)19-14-7-6-12-20(13-14)16-8-4-5-9-17(16)23-2/h4-5,8-11,14,19H,3,6-7,12-13H2,1-2H3. The SMILES string of the molecule is CCc1ccc(S(=O)(=O)NC2CCCN(c3ccccc3OC)C2)s1. The summed E-state index contributed by atoms with van der Waals surface area (Å²) in [5, 5.41) is 0. The minimum atomic E-state index is -3.46. The molecule has 0 bridgehead atoms. The van der Waals surface area contributed by atoms with E-state index in [1.807, 2.05) is 37.3 Å². The molecule has 1 aliphatic rings. The number of nitrogens with zero attached hydrogens (tertiary/aromatic N) is 1. The molecular weight excluding hydrogens is 356 g/mol. The molecule has 2 heterocycles. The minimum absolute atomic E-state index is 0.101. The van der Waals surface area contributed by atoms with E-state index in [9.17, 15) is 8.42 Å². The number of rotatable bonds is 6. The molecule has 0 aliphatic carbocycles. The van der Waals surface area contributed by atoms with E-state index in [1.165, 1.54) is 11.3 Å². The molecule has 7 heteroatoms. The van der Waals surface area contributed by atoms with E-state index in [2.05, 4.69) is 9.62 Å². The average Bonchev–Trinajstić information content (AvgIpc) is 3.12. The van der Waals surface area contributed by atoms with Gasteiger partial charge in [0.05, 0.1) is 12.8 Å². The lowest BCUT2D eigenvalue weighted by atomic mass is 10.1. The molecule has 1 aromatic heterocycles. The van der Waals surface area contributed by atoms with E-state index in [4.69, 9.17) is 4.74 Å². The summed E-state index contributed by atoms with van der Waals surface area (Å²) in [5.41, 5.74) is 1.01. The number of nitrogens with one attached hydrogen (secondary N) is 1. The molecule has 1 unspecified atom stereocenters. The molecule has 1 fully saturated rings. The van der Waals surface area contributed by atoms with Crippen LogP contribution in [0.1, 0.15) is 24.6 Å². The Kier molecular flexibility index (Phi) is 5.66. The fourth-order valence-corrected chi connectivity index (χ4v) is 5.73. The number of hydrogen-bond donors (Lipinski definition) is 1. The van der Waals surface area contributed by atoms with Gasteiger partial charge < -0.3 is 9.64 Å². The third-order valence-corrected chi connectivity index (χ3v) is 7.66. The molecule has 1 atom stereocenters. The van der Waals surface area contributed by atoms with Gasteiger partial charge in [0.15, 0.2) is 0 Å². The molecule has 1 aromatic carbocycles. The normalized spacial score (nSPS) is 18.3. The van der Waals surface area contributed by atoms with Crippen molar-refractivity contribution in [2.45, 2.75) is 36.4 Å². The van der Waals surface area contributed by atoms with Crippen molar-refractivity contribution in [1.29, 1.82) is 0 Å². The number of anilines is 1. The number of sulfonamides is 1. The largest absolute Gasteiger partial charge is 0.495 e. The summed E-state index contributed by atoms with van der Waals surface area (Å²) in [6.07, 6.45) is 2.64. The maximum Gasteiger partial charge on any atom is 0.250 e. The van der Waals surface area contributed by atoms with Gasteiger partial charge in [0.25, 0.3) is 0 Å². The van der Waals surface area contributed by atoms with Gasteiger partial charge in [-0.05, 0) is 43.5 Å². The van der Waals surface area contributed by atoms with Crippen LogP contribution in [0.25, 0.3) is 0 Å². The second-order valence-electron chi connectivity index (χ2n) is 6.15. The van der Waals surface area contributed by atoms with Gasteiger partial charge in [0.1, 0.15) is 9.96 Å². The Morgan fingerprint density at radius 2 is 2.08 bits per heavy atom. The van der Waals surface area contributed by atoms with Crippen molar-refractivity contribution in [1.82, 2.24) is 4.72 Å². The molecule has 2 aromatic rings. The number of benzene rings is 1. The fraction of sp³-hybridized carbons (Fsp3) is 0.444. The average molecular weight is 381 g/mol. The molecule has 136 valence electrons. The molecule has 0 spiro atoms. The van der Waals surface area contributed by atoms with Gasteiger partial charge in [0.2, 0.25) is 10.0 Å². The zero-order chi connectivity index (χ0) is 17.9. The first-order valence-electron chi connectivity index (χ1n) is 8.52. The summed E-state index contributed by atoms with van der Waals surface area (Å²) in [6, 6.07) is 11.4. The third kappa shape index (κ3) is 4.16. The predicted octanol–water partition coefficient (Wildman–Crippen LogP) is 3.27. The maximum absolute atomic E-state index is 12.7. The van der Waals surface area contributed by atoms with Crippen LogP contribution in [-0.2, 0) is 16.4 Å². The van der Waals surface area contributed by atoms with Gasteiger partial charge in [0, 0.05) is 24.0 Å². The number of methoxy groups -OCH3 is 1. The maximum atomic E-state index is 12.7. The van der Waals surface area contributed by atoms with E-state index in [0.29, 0.717) is 10.8 Å². The number of ether oxygens (including phenoxy) is 1. The number of thiophene rings is 1. The molecule has 5 nitrogen and oxygen atoms in total. The van der Waals surface area contributed by atoms with E-state index < -0.39 is 10.0 Å². The van der Waals surface area contributed by atoms with Gasteiger partial charge >= 0.3 is 0 Å². The molecular formula is C18H24N2O3S2. The first-order valence-corrected chi connectivity index (χ1v) is 10.8. The van der Waals surface area contributed by atoms with Crippen molar-refractivity contribution < 1.29 is 13.2 Å². The monoisotopic (exact) mass is 380 g/mol. The quantitative estimate of drug-likeness (QED) is 0.836. The molecule has 1 aliphatic heterocycles. The smallest absolute Gasteiger partial charge is 0.250 e. The van der Waals surface area contributed by atoms with Crippen LogP contribution in [0.5, 0.6) is 5.75 Å². The number of hydrogen-bond acceptors (Lipinski definition) is 5. The Morgan fingerprint density at radius 3 is 2.80 bits per heavy atom. The third-order valence-electron chi connectivity index (χ3n) is 4.42. The highest BCUT2D eigenvalue weighted by atomic mass is 32.2. The van der Waals surface area contributed by atoms with Crippen LogP contribution in [-0.4, -0.2) is 34.7 Å². The zero-order valence-corrected chi connectivity index (χ0v) is 16.2. The van der Waals surface area contributed by atoms with Crippen LogP contribution in [0, 0.1) is 0 Å². The van der Waals surface area contributed by atoms with Crippen LogP contribution in [0.4, 0.5) is 5.69 Å². The highest BCUT2D eigenvalue weighted by Crippen LogP contribution is 2.30. The van der Waals surface area contributed by atoms with Crippen molar-refractivity contribution in [3.8, 4) is 5.75 Å². The van der Waals surface area contributed by atoms with Gasteiger partial charge in [-0.1, -0.05) is 19.1 Å². The first-order chi connectivity index (χ1) is 12.0. The molecule has 0 amide bonds. The topological polar surface area (TPSA) is 58.6 Å². The van der Waals surface area contributed by atoms with Crippen molar-refractivity contribution in [2.75, 3.05) is 25.1 Å². The van der Waals surface area contributed by atoms with Crippen molar-refractivity contribution in [3.63, 3.8) is 0 Å².